The number of amides is 3. The van der Waals surface area contributed by atoms with E-state index < -0.39 is 49.5 Å². The highest BCUT2D eigenvalue weighted by molar-refractivity contribution is 8.02. The largest absolute Gasteiger partial charge is 0.467 e. The summed E-state index contributed by atoms with van der Waals surface area (Å²) in [6, 6.07) is 17.5. The second-order valence-corrected chi connectivity index (χ2v) is 17.6. The molecule has 0 saturated heterocycles. The quantitative estimate of drug-likeness (QED) is 0.147. The van der Waals surface area contributed by atoms with E-state index in [4.69, 9.17) is 14.2 Å². The van der Waals surface area contributed by atoms with Gasteiger partial charge in [0.15, 0.2) is 0 Å². The van der Waals surface area contributed by atoms with Crippen molar-refractivity contribution in [3.63, 3.8) is 0 Å². The van der Waals surface area contributed by atoms with Gasteiger partial charge in [-0.05, 0) is 22.6 Å². The van der Waals surface area contributed by atoms with Gasteiger partial charge in [0.25, 0.3) is 0 Å². The summed E-state index contributed by atoms with van der Waals surface area (Å²) in [7, 11) is -0.137. The molecule has 2 rings (SSSR count). The van der Waals surface area contributed by atoms with Crippen molar-refractivity contribution < 1.29 is 33.4 Å². The number of methoxy groups -OCH3 is 1. The molecule has 0 unspecified atom stereocenters. The van der Waals surface area contributed by atoms with Gasteiger partial charge < -0.3 is 30.2 Å². The van der Waals surface area contributed by atoms with E-state index in [9.17, 15) is 19.2 Å². The minimum absolute atomic E-state index is 0.0715. The van der Waals surface area contributed by atoms with E-state index in [0.717, 1.165) is 17.2 Å². The number of thioether (sulfide) groups is 1. The van der Waals surface area contributed by atoms with Gasteiger partial charge in [0.2, 0.25) is 5.91 Å². The molecule has 42 heavy (non-hydrogen) atoms. The zero-order valence-corrected chi connectivity index (χ0v) is 26.6. The maximum atomic E-state index is 13.0. The van der Waals surface area contributed by atoms with E-state index in [1.54, 1.807) is 12.3 Å². The summed E-state index contributed by atoms with van der Waals surface area (Å²) < 4.78 is 15.4. The number of nitrogens with one attached hydrogen (secondary N) is 3. The molecule has 0 aliphatic rings. The molecule has 3 N–H and O–H groups in total. The predicted molar refractivity (Wildman–Crippen MR) is 166 cm³/mol. The maximum absolute atomic E-state index is 13.0. The molecule has 3 atom stereocenters. The molecule has 10 nitrogen and oxygen atoms in total. The first-order chi connectivity index (χ1) is 20.0. The smallest absolute Gasteiger partial charge is 0.408 e. The third-order valence-electron chi connectivity index (χ3n) is 5.97. The summed E-state index contributed by atoms with van der Waals surface area (Å²) in [6.07, 6.45) is 0.255. The van der Waals surface area contributed by atoms with E-state index in [1.807, 2.05) is 60.7 Å². The first-order valence-electron chi connectivity index (χ1n) is 13.6. The van der Waals surface area contributed by atoms with Crippen molar-refractivity contribution in [3.8, 4) is 0 Å². The monoisotopic (exact) mass is 615 g/mol. The molecule has 0 radical (unpaired) electrons. The van der Waals surface area contributed by atoms with Crippen LogP contribution in [-0.4, -0.2) is 63.2 Å². The van der Waals surface area contributed by atoms with Crippen LogP contribution in [0.5, 0.6) is 0 Å². The Morgan fingerprint density at radius 1 is 0.881 bits per heavy atom. The lowest BCUT2D eigenvalue weighted by Crippen LogP contribution is -2.47. The summed E-state index contributed by atoms with van der Waals surface area (Å²) in [4.78, 5) is 50.1. The van der Waals surface area contributed by atoms with Crippen LogP contribution in [0.3, 0.4) is 0 Å². The molecule has 0 bridgehead atoms. The molecular weight excluding hydrogens is 574 g/mol. The Bertz CT molecular complexity index is 1180. The SMILES string of the molecule is COC(=O)[C@H](NC(=O)OCC[Si](C)(C)C)[C@H](C)S/C=C/NC(=O)[C@H](Cc1ccccc1)NC(=O)OCc1ccccc1. The fourth-order valence-electron chi connectivity index (χ4n) is 3.54. The van der Waals surface area contributed by atoms with Crippen molar-refractivity contribution in [2.45, 2.75) is 63.0 Å². The number of hydrogen-bond acceptors (Lipinski definition) is 8. The standard InChI is InChI=1S/C30H41N3O7SSi/c1-22(26(28(35)38-2)33-30(37)39-17-19-42(3,4)5)41-18-16-31-27(34)25(20-23-12-8-6-9-13-23)32-29(36)40-21-24-14-10-7-11-15-24/h6-16,18,22,25-26H,17,19-21H2,1-5H3,(H,31,34)(H,32,36)(H,33,37)/b18-16+/t22-,25-,26+/m0/s1. The maximum Gasteiger partial charge on any atom is 0.408 e. The fraction of sp³-hybridized carbons (Fsp3) is 0.400. The van der Waals surface area contributed by atoms with E-state index in [2.05, 4.69) is 35.6 Å². The van der Waals surface area contributed by atoms with E-state index in [1.165, 1.54) is 25.1 Å². The van der Waals surface area contributed by atoms with Gasteiger partial charge in [-0.15, -0.1) is 11.8 Å². The van der Waals surface area contributed by atoms with Gasteiger partial charge in [0.05, 0.1) is 13.7 Å². The number of hydrogen-bond donors (Lipinski definition) is 3. The zero-order chi connectivity index (χ0) is 31.0. The van der Waals surface area contributed by atoms with Crippen molar-refractivity contribution >= 4 is 43.9 Å². The van der Waals surface area contributed by atoms with Crippen LogP contribution < -0.4 is 16.0 Å². The zero-order valence-electron chi connectivity index (χ0n) is 24.8. The van der Waals surface area contributed by atoms with Crippen molar-refractivity contribution in [1.29, 1.82) is 0 Å². The Labute approximate surface area is 253 Å². The first-order valence-corrected chi connectivity index (χ1v) is 18.3. The van der Waals surface area contributed by atoms with Crippen molar-refractivity contribution in [2.24, 2.45) is 0 Å². The molecule has 0 aliphatic carbocycles. The normalized spacial score (nSPS) is 13.4. The van der Waals surface area contributed by atoms with Crippen LogP contribution in [-0.2, 0) is 36.8 Å². The predicted octanol–water partition coefficient (Wildman–Crippen LogP) is 4.84. The summed E-state index contributed by atoms with van der Waals surface area (Å²) in [6.45, 7) is 8.61. The topological polar surface area (TPSA) is 132 Å². The third-order valence-corrected chi connectivity index (χ3v) is 8.67. The number of ether oxygens (including phenoxy) is 3. The molecule has 0 heterocycles. The highest BCUT2D eigenvalue weighted by Gasteiger charge is 2.29. The van der Waals surface area contributed by atoms with E-state index in [0.29, 0.717) is 0 Å². The molecular formula is C30H41N3O7SSi. The highest BCUT2D eigenvalue weighted by Crippen LogP contribution is 2.17. The summed E-state index contributed by atoms with van der Waals surface area (Å²) >= 11 is 1.20. The van der Waals surface area contributed by atoms with Crippen LogP contribution in [0.25, 0.3) is 0 Å². The number of rotatable bonds is 15. The summed E-state index contributed by atoms with van der Waals surface area (Å²) in [5, 5.41) is 9.02. The van der Waals surface area contributed by atoms with Gasteiger partial charge in [-0.2, -0.15) is 0 Å². The molecule has 0 spiro atoms. The minimum atomic E-state index is -1.38. The van der Waals surface area contributed by atoms with Gasteiger partial charge in [-0.3, -0.25) is 4.79 Å². The molecule has 0 saturated carbocycles. The van der Waals surface area contributed by atoms with Crippen molar-refractivity contribution in [1.82, 2.24) is 16.0 Å². The third kappa shape index (κ3) is 13.7. The Hall–Kier alpha value is -3.77. The lowest BCUT2D eigenvalue weighted by atomic mass is 10.1. The Morgan fingerprint density at radius 3 is 2.07 bits per heavy atom. The van der Waals surface area contributed by atoms with E-state index in [-0.39, 0.29) is 19.6 Å². The lowest BCUT2D eigenvalue weighted by Gasteiger charge is -2.22. The molecule has 0 aliphatic heterocycles. The van der Waals surface area contributed by atoms with Gasteiger partial charge in [-0.25, -0.2) is 14.4 Å². The van der Waals surface area contributed by atoms with Crippen LogP contribution in [0, 0.1) is 0 Å². The Kier molecular flexibility index (Phi) is 14.7. The van der Waals surface area contributed by atoms with Crippen molar-refractivity contribution in [2.75, 3.05) is 13.7 Å². The Morgan fingerprint density at radius 2 is 1.48 bits per heavy atom. The fourth-order valence-corrected chi connectivity index (χ4v) is 4.98. The molecule has 228 valence electrons. The molecule has 2 aromatic rings. The second kappa shape index (κ2) is 17.9. The molecule has 2 aromatic carbocycles. The molecule has 3 amide bonds. The number of benzene rings is 2. The molecule has 0 fully saturated rings. The van der Waals surface area contributed by atoms with Gasteiger partial charge >= 0.3 is 18.2 Å². The van der Waals surface area contributed by atoms with Crippen LogP contribution in [0.1, 0.15) is 18.1 Å². The minimum Gasteiger partial charge on any atom is -0.467 e. The van der Waals surface area contributed by atoms with Gasteiger partial charge in [-0.1, -0.05) is 87.2 Å². The highest BCUT2D eigenvalue weighted by atomic mass is 32.2. The summed E-state index contributed by atoms with van der Waals surface area (Å²) in [5.41, 5.74) is 1.68. The lowest BCUT2D eigenvalue weighted by molar-refractivity contribution is -0.142. The average molecular weight is 616 g/mol. The van der Waals surface area contributed by atoms with Crippen molar-refractivity contribution in [3.05, 3.63) is 83.4 Å². The number of carbonyl (C=O) groups excluding carboxylic acids is 4. The summed E-state index contributed by atoms with van der Waals surface area (Å²) in [5.74, 6) is -1.07. The molecule has 12 heteroatoms. The second-order valence-electron chi connectivity index (χ2n) is 10.7. The van der Waals surface area contributed by atoms with E-state index >= 15 is 0 Å². The average Bonchev–Trinajstić information content (AvgIpc) is 2.96. The number of alkyl carbamates (subject to hydrolysis) is 2. The van der Waals surface area contributed by atoms with Crippen LogP contribution in [0.2, 0.25) is 25.7 Å². The first kappa shape index (κ1) is 34.4. The van der Waals surface area contributed by atoms with Crippen LogP contribution in [0.4, 0.5) is 9.59 Å². The number of carbonyl (C=O) groups is 4. The Balaban J connectivity index is 1.94. The van der Waals surface area contributed by atoms with Gasteiger partial charge in [0, 0.05) is 25.9 Å². The van der Waals surface area contributed by atoms with Crippen LogP contribution in [0.15, 0.2) is 72.3 Å². The van der Waals surface area contributed by atoms with Gasteiger partial charge in [0.1, 0.15) is 18.7 Å². The number of esters is 1. The molecule has 0 aromatic heterocycles. The van der Waals surface area contributed by atoms with Crippen LogP contribution >= 0.6 is 11.8 Å².